The zero-order valence-electron chi connectivity index (χ0n) is 21.9. The monoisotopic (exact) mass is 524 g/mol. The minimum Gasteiger partial charge on any atom is -0.460 e. The van der Waals surface area contributed by atoms with Crippen LogP contribution in [-0.2, 0) is 16.0 Å². The molecule has 0 saturated carbocycles. The minimum atomic E-state index is -0.444. The van der Waals surface area contributed by atoms with Gasteiger partial charge in [0.05, 0.1) is 12.2 Å². The minimum absolute atomic E-state index is 0.185. The molecule has 5 rings (SSSR count). The number of nitrogens with one attached hydrogen (secondary N) is 2. The third-order valence-electron chi connectivity index (χ3n) is 6.81. The van der Waals surface area contributed by atoms with Crippen molar-refractivity contribution in [2.45, 2.75) is 19.0 Å². The number of ether oxygens (including phenoxy) is 2. The highest BCUT2D eigenvalue weighted by Crippen LogP contribution is 2.25. The van der Waals surface area contributed by atoms with Crippen LogP contribution in [0.4, 0.5) is 11.4 Å². The lowest BCUT2D eigenvalue weighted by Crippen LogP contribution is -2.26. The summed E-state index contributed by atoms with van der Waals surface area (Å²) >= 11 is 0. The molecule has 0 bridgehead atoms. The predicted octanol–water partition coefficient (Wildman–Crippen LogP) is 4.98. The van der Waals surface area contributed by atoms with Crippen LogP contribution in [0.25, 0.3) is 10.8 Å². The molecule has 1 saturated heterocycles. The van der Waals surface area contributed by atoms with Gasteiger partial charge in [0.25, 0.3) is 5.91 Å². The zero-order valence-corrected chi connectivity index (χ0v) is 21.9. The van der Waals surface area contributed by atoms with E-state index in [-0.39, 0.29) is 12.5 Å². The van der Waals surface area contributed by atoms with Gasteiger partial charge < -0.3 is 20.1 Å². The fraction of sp³-hybridized carbons (Fsp3) is 0.258. The first-order valence-electron chi connectivity index (χ1n) is 13.1. The van der Waals surface area contributed by atoms with Gasteiger partial charge in [-0.05, 0) is 60.5 Å². The first-order chi connectivity index (χ1) is 19.1. The smallest absolute Gasteiger partial charge is 0.338 e. The van der Waals surface area contributed by atoms with Gasteiger partial charge >= 0.3 is 5.97 Å². The summed E-state index contributed by atoms with van der Waals surface area (Å²) in [5, 5.41) is 9.00. The van der Waals surface area contributed by atoms with Crippen molar-refractivity contribution in [1.29, 1.82) is 0 Å². The molecule has 3 aromatic carbocycles. The summed E-state index contributed by atoms with van der Waals surface area (Å²) in [5.41, 5.74) is 3.87. The summed E-state index contributed by atoms with van der Waals surface area (Å²) in [4.78, 5) is 31.5. The first-order valence-corrected chi connectivity index (χ1v) is 13.1. The number of fused-ring (bicyclic) bond motifs is 1. The maximum atomic E-state index is 12.8. The topological polar surface area (TPSA) is 92.8 Å². The van der Waals surface area contributed by atoms with Gasteiger partial charge in [0, 0.05) is 72.9 Å². The molecule has 1 aliphatic heterocycles. The molecule has 1 amide bonds. The van der Waals surface area contributed by atoms with E-state index >= 15 is 0 Å². The number of carbonyl (C=O) groups is 2. The lowest BCUT2D eigenvalue weighted by atomic mass is 10.1. The molecule has 0 aliphatic carbocycles. The van der Waals surface area contributed by atoms with Crippen LogP contribution in [0.3, 0.4) is 0 Å². The highest BCUT2D eigenvalue weighted by molar-refractivity contribution is 6.04. The van der Waals surface area contributed by atoms with E-state index in [1.54, 1.807) is 31.4 Å². The molecular formula is C31H32N4O4. The Balaban J connectivity index is 1.14. The normalized spacial score (nSPS) is 15.3. The molecule has 1 aliphatic rings. The maximum Gasteiger partial charge on any atom is 0.338 e. The molecule has 1 aromatic heterocycles. The number of hydrogen-bond acceptors (Lipinski definition) is 7. The number of pyridine rings is 1. The molecule has 0 radical (unpaired) electrons. The van der Waals surface area contributed by atoms with Crippen molar-refractivity contribution in [1.82, 2.24) is 9.88 Å². The largest absolute Gasteiger partial charge is 0.460 e. The van der Waals surface area contributed by atoms with Crippen LogP contribution in [0.5, 0.6) is 0 Å². The van der Waals surface area contributed by atoms with Gasteiger partial charge in [0.15, 0.2) is 0 Å². The highest BCUT2D eigenvalue weighted by Gasteiger charge is 2.23. The number of likely N-dealkylation sites (tertiary alicyclic amines) is 1. The molecule has 8 heteroatoms. The Morgan fingerprint density at radius 3 is 2.67 bits per heavy atom. The molecule has 1 atom stereocenters. The number of hydrogen-bond donors (Lipinski definition) is 2. The van der Waals surface area contributed by atoms with Gasteiger partial charge in [0.1, 0.15) is 6.61 Å². The maximum absolute atomic E-state index is 12.8. The van der Waals surface area contributed by atoms with Gasteiger partial charge in [-0.3, -0.25) is 14.7 Å². The van der Waals surface area contributed by atoms with Crippen LogP contribution in [0.15, 0.2) is 85.2 Å². The molecule has 1 fully saturated rings. The van der Waals surface area contributed by atoms with Gasteiger partial charge in [-0.1, -0.05) is 24.3 Å². The lowest BCUT2D eigenvalue weighted by Gasteiger charge is -2.19. The summed E-state index contributed by atoms with van der Waals surface area (Å²) in [5.74, 6) is -0.678. The van der Waals surface area contributed by atoms with E-state index < -0.39 is 5.97 Å². The van der Waals surface area contributed by atoms with E-state index in [0.717, 1.165) is 48.4 Å². The van der Waals surface area contributed by atoms with E-state index in [0.29, 0.717) is 23.8 Å². The molecule has 0 spiro atoms. The summed E-state index contributed by atoms with van der Waals surface area (Å²) in [6.07, 6.45) is 4.79. The molecule has 1 unspecified atom stereocenters. The van der Waals surface area contributed by atoms with Crippen molar-refractivity contribution in [3.63, 3.8) is 0 Å². The second-order valence-corrected chi connectivity index (χ2v) is 9.63. The molecule has 39 heavy (non-hydrogen) atoms. The van der Waals surface area contributed by atoms with Crippen LogP contribution in [0, 0.1) is 0 Å². The number of esters is 1. The van der Waals surface area contributed by atoms with Crippen molar-refractivity contribution in [2.24, 2.45) is 0 Å². The molecular weight excluding hydrogens is 492 g/mol. The SMILES string of the molecule is COCCOC(=O)c1ccc(C(=O)Nc2cccc(CN3CCC(Nc4cccc5cnccc45)C3)c2)cc1. The van der Waals surface area contributed by atoms with Crippen molar-refractivity contribution in [3.05, 3.63) is 102 Å². The van der Waals surface area contributed by atoms with Crippen LogP contribution in [-0.4, -0.2) is 61.2 Å². The second-order valence-electron chi connectivity index (χ2n) is 9.63. The van der Waals surface area contributed by atoms with Crippen molar-refractivity contribution in [2.75, 3.05) is 44.0 Å². The van der Waals surface area contributed by atoms with Gasteiger partial charge in [-0.2, -0.15) is 0 Å². The number of nitrogens with zero attached hydrogens (tertiary/aromatic N) is 2. The number of amides is 1. The van der Waals surface area contributed by atoms with E-state index in [2.05, 4.69) is 50.8 Å². The van der Waals surface area contributed by atoms with Crippen molar-refractivity contribution >= 4 is 34.0 Å². The van der Waals surface area contributed by atoms with E-state index in [1.807, 2.05) is 30.6 Å². The number of rotatable bonds is 10. The fourth-order valence-corrected chi connectivity index (χ4v) is 4.83. The van der Waals surface area contributed by atoms with Gasteiger partial charge in [-0.15, -0.1) is 0 Å². The fourth-order valence-electron chi connectivity index (χ4n) is 4.83. The zero-order chi connectivity index (χ0) is 27.0. The second kappa shape index (κ2) is 12.5. The van der Waals surface area contributed by atoms with Crippen LogP contribution < -0.4 is 10.6 Å². The van der Waals surface area contributed by atoms with Crippen molar-refractivity contribution < 1.29 is 19.1 Å². The van der Waals surface area contributed by atoms with E-state index in [1.165, 1.54) is 5.39 Å². The van der Waals surface area contributed by atoms with Crippen molar-refractivity contribution in [3.8, 4) is 0 Å². The Hall–Kier alpha value is -4.27. The molecule has 4 aromatic rings. The average Bonchev–Trinajstić information content (AvgIpc) is 3.40. The summed E-state index contributed by atoms with van der Waals surface area (Å²) in [7, 11) is 1.54. The Kier molecular flexibility index (Phi) is 8.45. The number of carbonyl (C=O) groups excluding carboxylic acids is 2. The third-order valence-corrected chi connectivity index (χ3v) is 6.81. The standard InChI is InChI=1S/C31H32N4O4/c1-38-16-17-39-31(37)24-10-8-23(9-11-24)30(36)34-26-6-2-4-22(18-26)20-35-15-13-27(21-35)33-29-7-3-5-25-19-32-14-12-28(25)29/h2-12,14,18-19,27,33H,13,15-17,20-21H2,1H3,(H,34,36). The summed E-state index contributed by atoms with van der Waals surface area (Å²) in [6.45, 7) is 3.27. The Morgan fingerprint density at radius 2 is 1.82 bits per heavy atom. The van der Waals surface area contributed by atoms with Crippen LogP contribution >= 0.6 is 0 Å². The molecule has 2 N–H and O–H groups in total. The Morgan fingerprint density at radius 1 is 1.00 bits per heavy atom. The third kappa shape index (κ3) is 6.79. The first kappa shape index (κ1) is 26.3. The van der Waals surface area contributed by atoms with E-state index in [4.69, 9.17) is 9.47 Å². The Labute approximate surface area is 228 Å². The van der Waals surface area contributed by atoms with Crippen LogP contribution in [0.2, 0.25) is 0 Å². The quantitative estimate of drug-likeness (QED) is 0.223. The summed E-state index contributed by atoms with van der Waals surface area (Å²) < 4.78 is 9.99. The molecule has 8 nitrogen and oxygen atoms in total. The Bertz CT molecular complexity index is 1430. The molecule has 200 valence electrons. The number of methoxy groups -OCH3 is 1. The highest BCUT2D eigenvalue weighted by atomic mass is 16.6. The number of benzene rings is 3. The number of anilines is 2. The van der Waals surface area contributed by atoms with Gasteiger partial charge in [0.2, 0.25) is 0 Å². The van der Waals surface area contributed by atoms with Crippen LogP contribution in [0.1, 0.15) is 32.7 Å². The summed E-state index contributed by atoms with van der Waals surface area (Å²) in [6, 6.07) is 23.0. The van der Waals surface area contributed by atoms with Gasteiger partial charge in [-0.25, -0.2) is 4.79 Å². The van der Waals surface area contributed by atoms with E-state index in [9.17, 15) is 9.59 Å². The lowest BCUT2D eigenvalue weighted by molar-refractivity contribution is 0.0388. The number of aromatic nitrogens is 1. The average molecular weight is 525 g/mol. The molecule has 2 heterocycles. The predicted molar refractivity (Wildman–Crippen MR) is 152 cm³/mol.